The summed E-state index contributed by atoms with van der Waals surface area (Å²) < 4.78 is 13.8. The number of hydrogen-bond donors (Lipinski definition) is 1. The van der Waals surface area contributed by atoms with Gasteiger partial charge in [-0.2, -0.15) is 0 Å². The zero-order chi connectivity index (χ0) is 13.1. The van der Waals surface area contributed by atoms with E-state index in [1.807, 2.05) is 0 Å². The summed E-state index contributed by atoms with van der Waals surface area (Å²) in [5.41, 5.74) is 6.79. The average molecular weight is 251 g/mol. The molecule has 1 aromatic carbocycles. The fourth-order valence-corrected chi connectivity index (χ4v) is 2.57. The Labute approximate surface area is 108 Å². The SMILES string of the molecule is CC1CN(C)CCCN1Cc1ccc(N)cc1F. The molecule has 0 aromatic heterocycles. The molecule has 1 aromatic rings. The molecule has 1 unspecified atom stereocenters. The van der Waals surface area contributed by atoms with E-state index in [0.29, 0.717) is 18.3 Å². The molecule has 2 rings (SSSR count). The van der Waals surface area contributed by atoms with Crippen LogP contribution in [0.4, 0.5) is 10.1 Å². The topological polar surface area (TPSA) is 32.5 Å². The molecule has 1 atom stereocenters. The second kappa shape index (κ2) is 5.67. The molecule has 1 aliphatic rings. The first-order valence-corrected chi connectivity index (χ1v) is 6.53. The molecule has 0 aliphatic carbocycles. The first-order valence-electron chi connectivity index (χ1n) is 6.53. The quantitative estimate of drug-likeness (QED) is 0.815. The van der Waals surface area contributed by atoms with Crippen molar-refractivity contribution in [2.75, 3.05) is 32.4 Å². The molecule has 1 aliphatic heterocycles. The van der Waals surface area contributed by atoms with Gasteiger partial charge in [0.1, 0.15) is 5.82 Å². The fourth-order valence-electron chi connectivity index (χ4n) is 2.57. The van der Waals surface area contributed by atoms with Crippen LogP contribution in [-0.2, 0) is 6.54 Å². The van der Waals surface area contributed by atoms with Crippen molar-refractivity contribution in [1.29, 1.82) is 0 Å². The number of likely N-dealkylation sites (N-methyl/N-ethyl adjacent to an activating group) is 1. The number of nitrogens with zero attached hydrogens (tertiary/aromatic N) is 2. The molecule has 18 heavy (non-hydrogen) atoms. The first kappa shape index (κ1) is 13.3. The van der Waals surface area contributed by atoms with E-state index in [1.165, 1.54) is 6.07 Å². The van der Waals surface area contributed by atoms with Crippen molar-refractivity contribution in [3.05, 3.63) is 29.6 Å². The van der Waals surface area contributed by atoms with Crippen LogP contribution in [-0.4, -0.2) is 42.5 Å². The minimum atomic E-state index is -0.195. The van der Waals surface area contributed by atoms with E-state index < -0.39 is 0 Å². The maximum Gasteiger partial charge on any atom is 0.129 e. The molecule has 4 heteroatoms. The van der Waals surface area contributed by atoms with Gasteiger partial charge in [-0.1, -0.05) is 6.07 Å². The predicted octanol–water partition coefficient (Wildman–Crippen LogP) is 1.93. The Hall–Kier alpha value is -1.13. The lowest BCUT2D eigenvalue weighted by molar-refractivity contribution is 0.192. The zero-order valence-corrected chi connectivity index (χ0v) is 11.2. The molecule has 2 N–H and O–H groups in total. The van der Waals surface area contributed by atoms with Crippen molar-refractivity contribution in [3.8, 4) is 0 Å². The van der Waals surface area contributed by atoms with E-state index in [1.54, 1.807) is 12.1 Å². The van der Waals surface area contributed by atoms with E-state index in [0.717, 1.165) is 31.6 Å². The van der Waals surface area contributed by atoms with Gasteiger partial charge in [-0.3, -0.25) is 4.90 Å². The van der Waals surface area contributed by atoms with Crippen molar-refractivity contribution in [1.82, 2.24) is 9.80 Å². The van der Waals surface area contributed by atoms with Crippen LogP contribution in [0.1, 0.15) is 18.9 Å². The molecular weight excluding hydrogens is 229 g/mol. The highest BCUT2D eigenvalue weighted by atomic mass is 19.1. The lowest BCUT2D eigenvalue weighted by atomic mass is 10.1. The summed E-state index contributed by atoms with van der Waals surface area (Å²) in [6, 6.07) is 5.43. The van der Waals surface area contributed by atoms with Crippen molar-refractivity contribution >= 4 is 5.69 Å². The largest absolute Gasteiger partial charge is 0.399 e. The van der Waals surface area contributed by atoms with Crippen LogP contribution >= 0.6 is 0 Å². The monoisotopic (exact) mass is 251 g/mol. The summed E-state index contributed by atoms with van der Waals surface area (Å²) >= 11 is 0. The number of rotatable bonds is 2. The van der Waals surface area contributed by atoms with E-state index >= 15 is 0 Å². The van der Waals surface area contributed by atoms with Crippen molar-refractivity contribution in [2.45, 2.75) is 25.9 Å². The van der Waals surface area contributed by atoms with Gasteiger partial charge in [0.25, 0.3) is 0 Å². The van der Waals surface area contributed by atoms with Gasteiger partial charge in [0.05, 0.1) is 0 Å². The molecule has 1 heterocycles. The summed E-state index contributed by atoms with van der Waals surface area (Å²) in [6.45, 7) is 6.05. The molecule has 0 bridgehead atoms. The van der Waals surface area contributed by atoms with Gasteiger partial charge >= 0.3 is 0 Å². The van der Waals surface area contributed by atoms with Crippen LogP contribution in [0.5, 0.6) is 0 Å². The Morgan fingerprint density at radius 3 is 2.89 bits per heavy atom. The summed E-state index contributed by atoms with van der Waals surface area (Å²) in [6.07, 6.45) is 1.14. The molecular formula is C14H22FN3. The third-order valence-corrected chi connectivity index (χ3v) is 3.63. The molecule has 1 saturated heterocycles. The second-order valence-electron chi connectivity index (χ2n) is 5.29. The van der Waals surface area contributed by atoms with Gasteiger partial charge in [-0.05, 0) is 39.1 Å². The highest BCUT2D eigenvalue weighted by Crippen LogP contribution is 2.17. The van der Waals surface area contributed by atoms with Crippen molar-refractivity contribution < 1.29 is 4.39 Å². The van der Waals surface area contributed by atoms with Crippen LogP contribution in [0.25, 0.3) is 0 Å². The molecule has 100 valence electrons. The number of hydrogen-bond acceptors (Lipinski definition) is 3. The summed E-state index contributed by atoms with van der Waals surface area (Å²) in [5, 5.41) is 0. The van der Waals surface area contributed by atoms with Gasteiger partial charge in [0.15, 0.2) is 0 Å². The number of anilines is 1. The van der Waals surface area contributed by atoms with Gasteiger partial charge in [0.2, 0.25) is 0 Å². The third-order valence-electron chi connectivity index (χ3n) is 3.63. The van der Waals surface area contributed by atoms with Crippen LogP contribution in [0.2, 0.25) is 0 Å². The molecule has 3 nitrogen and oxygen atoms in total. The third kappa shape index (κ3) is 3.21. The molecule has 0 spiro atoms. The lowest BCUT2D eigenvalue weighted by Crippen LogP contribution is -2.37. The lowest BCUT2D eigenvalue weighted by Gasteiger charge is -2.28. The highest BCUT2D eigenvalue weighted by Gasteiger charge is 2.20. The Balaban J connectivity index is 2.07. The molecule has 0 radical (unpaired) electrons. The smallest absolute Gasteiger partial charge is 0.129 e. The van der Waals surface area contributed by atoms with Crippen molar-refractivity contribution in [3.63, 3.8) is 0 Å². The highest BCUT2D eigenvalue weighted by molar-refractivity contribution is 5.40. The average Bonchev–Trinajstić information content (AvgIpc) is 2.44. The van der Waals surface area contributed by atoms with Crippen molar-refractivity contribution in [2.24, 2.45) is 0 Å². The Morgan fingerprint density at radius 2 is 2.17 bits per heavy atom. The standard InChI is InChI=1S/C14H22FN3/c1-11-9-17(2)6-3-7-18(11)10-12-4-5-13(16)8-14(12)15/h4-5,8,11H,3,6-7,9-10,16H2,1-2H3. The van der Waals surface area contributed by atoms with Gasteiger partial charge in [-0.25, -0.2) is 4.39 Å². The fraction of sp³-hybridized carbons (Fsp3) is 0.571. The van der Waals surface area contributed by atoms with E-state index in [9.17, 15) is 4.39 Å². The summed E-state index contributed by atoms with van der Waals surface area (Å²) in [5.74, 6) is -0.195. The number of benzene rings is 1. The summed E-state index contributed by atoms with van der Waals surface area (Å²) in [4.78, 5) is 4.68. The molecule has 0 saturated carbocycles. The second-order valence-corrected chi connectivity index (χ2v) is 5.29. The van der Waals surface area contributed by atoms with Crippen LogP contribution in [0.3, 0.4) is 0 Å². The number of halogens is 1. The van der Waals surface area contributed by atoms with E-state index in [4.69, 9.17) is 5.73 Å². The maximum absolute atomic E-state index is 13.8. The van der Waals surface area contributed by atoms with Gasteiger partial charge < -0.3 is 10.6 Å². The minimum absolute atomic E-state index is 0.195. The minimum Gasteiger partial charge on any atom is -0.399 e. The normalized spacial score (nSPS) is 22.9. The van der Waals surface area contributed by atoms with Crippen LogP contribution in [0.15, 0.2) is 18.2 Å². The number of nitrogens with two attached hydrogens (primary N) is 1. The predicted molar refractivity (Wildman–Crippen MR) is 72.8 cm³/mol. The summed E-state index contributed by atoms with van der Waals surface area (Å²) in [7, 11) is 2.14. The maximum atomic E-state index is 13.8. The number of nitrogen functional groups attached to an aromatic ring is 1. The molecule has 1 fully saturated rings. The van der Waals surface area contributed by atoms with Gasteiger partial charge in [-0.15, -0.1) is 0 Å². The molecule has 0 amide bonds. The van der Waals surface area contributed by atoms with Crippen LogP contribution < -0.4 is 5.73 Å². The zero-order valence-electron chi connectivity index (χ0n) is 11.2. The van der Waals surface area contributed by atoms with E-state index in [2.05, 4.69) is 23.8 Å². The Kier molecular flexibility index (Phi) is 4.19. The van der Waals surface area contributed by atoms with Gasteiger partial charge in [0, 0.05) is 36.9 Å². The Bertz CT molecular complexity index is 408. The first-order chi connectivity index (χ1) is 8.56. The van der Waals surface area contributed by atoms with E-state index in [-0.39, 0.29) is 5.82 Å². The van der Waals surface area contributed by atoms with Crippen LogP contribution in [0, 0.1) is 5.82 Å². The Morgan fingerprint density at radius 1 is 1.39 bits per heavy atom.